The van der Waals surface area contributed by atoms with E-state index in [4.69, 9.17) is 13.8 Å². The molecule has 0 radical (unpaired) electrons. The van der Waals surface area contributed by atoms with Crippen molar-refractivity contribution >= 4 is 19.7 Å². The molecule has 64 heavy (non-hydrogen) atoms. The third-order valence-corrected chi connectivity index (χ3v) is 13.1. The van der Waals surface area contributed by atoms with Gasteiger partial charge in [0.2, 0.25) is 5.91 Å². The Kier molecular flexibility index (Phi) is 44.2. The van der Waals surface area contributed by atoms with E-state index in [1.54, 1.807) is 0 Å². The maximum Gasteiger partial charge on any atom is 0.472 e. The van der Waals surface area contributed by atoms with Crippen molar-refractivity contribution in [3.63, 3.8) is 0 Å². The minimum Gasteiger partial charge on any atom is -0.456 e. The topological polar surface area (TPSA) is 111 Å². The van der Waals surface area contributed by atoms with Crippen LogP contribution in [0.1, 0.15) is 258 Å². The smallest absolute Gasteiger partial charge is 0.456 e. The number of hydrogen-bond donors (Lipinski definition) is 2. The number of likely N-dealkylation sites (N-methyl/N-ethyl adjacent to an activating group) is 1. The molecule has 0 aliphatic rings. The Hall–Kier alpha value is -1.51. The van der Waals surface area contributed by atoms with E-state index in [1.807, 2.05) is 33.3 Å². The molecule has 0 heterocycles. The van der Waals surface area contributed by atoms with Gasteiger partial charge < -0.3 is 19.4 Å². The van der Waals surface area contributed by atoms with E-state index < -0.39 is 20.0 Å². The van der Waals surface area contributed by atoms with E-state index in [0.717, 1.165) is 70.6 Å². The lowest BCUT2D eigenvalue weighted by Gasteiger charge is -2.27. The van der Waals surface area contributed by atoms with Crippen molar-refractivity contribution in [1.29, 1.82) is 0 Å². The van der Waals surface area contributed by atoms with Crippen molar-refractivity contribution in [2.75, 3.05) is 40.9 Å². The van der Waals surface area contributed by atoms with Crippen molar-refractivity contribution in [2.24, 2.45) is 0 Å². The van der Waals surface area contributed by atoms with Gasteiger partial charge in [-0.25, -0.2) is 4.57 Å². The van der Waals surface area contributed by atoms with Gasteiger partial charge >= 0.3 is 13.8 Å². The minimum atomic E-state index is -4.44. The number of ether oxygens (including phenoxy) is 1. The van der Waals surface area contributed by atoms with Crippen molar-refractivity contribution in [3.8, 4) is 0 Å². The van der Waals surface area contributed by atoms with Crippen LogP contribution in [0.15, 0.2) is 24.3 Å². The molecule has 0 saturated carbocycles. The summed E-state index contributed by atoms with van der Waals surface area (Å²) in [4.78, 5) is 37.4. The number of allylic oxidation sites excluding steroid dienone is 3. The second-order valence-corrected chi connectivity index (χ2v) is 21.2. The second-order valence-electron chi connectivity index (χ2n) is 19.8. The van der Waals surface area contributed by atoms with Gasteiger partial charge in [-0.3, -0.25) is 18.6 Å². The molecule has 3 unspecified atom stereocenters. The van der Waals surface area contributed by atoms with E-state index >= 15 is 0 Å². The first kappa shape index (κ1) is 62.5. The first-order chi connectivity index (χ1) is 30.9. The summed E-state index contributed by atoms with van der Waals surface area (Å²) < 4.78 is 30.5. The zero-order chi connectivity index (χ0) is 47.3. The van der Waals surface area contributed by atoms with E-state index in [0.29, 0.717) is 23.9 Å². The number of unbranched alkanes of at least 4 members (excludes halogenated alkanes) is 31. The monoisotopic (exact) mass is 926 g/mol. The highest BCUT2D eigenvalue weighted by Crippen LogP contribution is 2.43. The molecule has 0 fully saturated rings. The van der Waals surface area contributed by atoms with Gasteiger partial charge in [-0.15, -0.1) is 0 Å². The number of hydrogen-bond acceptors (Lipinski definition) is 6. The molecule has 0 aromatic rings. The predicted octanol–water partition coefficient (Wildman–Crippen LogP) is 15.8. The molecular weight excluding hydrogens is 820 g/mol. The molecule has 1 amide bonds. The van der Waals surface area contributed by atoms with Crippen LogP contribution in [-0.2, 0) is 27.9 Å². The number of amides is 1. The molecule has 0 aliphatic heterocycles. The highest BCUT2D eigenvalue weighted by Gasteiger charge is 2.30. The van der Waals surface area contributed by atoms with E-state index in [1.165, 1.54) is 154 Å². The molecule has 2 N–H and O–H groups in total. The maximum atomic E-state index is 13.4. The minimum absolute atomic E-state index is 0.0405. The summed E-state index contributed by atoms with van der Waals surface area (Å²) in [7, 11) is 1.50. The van der Waals surface area contributed by atoms with Crippen LogP contribution in [0.2, 0.25) is 0 Å². The van der Waals surface area contributed by atoms with Gasteiger partial charge in [-0.2, -0.15) is 0 Å². The predicted molar refractivity (Wildman–Crippen MR) is 273 cm³/mol. The van der Waals surface area contributed by atoms with Gasteiger partial charge in [0.1, 0.15) is 19.3 Å². The summed E-state index contributed by atoms with van der Waals surface area (Å²) in [6.07, 6.45) is 50.2. The van der Waals surface area contributed by atoms with Crippen LogP contribution in [-0.4, -0.2) is 74.3 Å². The summed E-state index contributed by atoms with van der Waals surface area (Å²) in [5.74, 6) is -0.516. The fraction of sp³-hybridized carbons (Fsp3) is 0.889. The average molecular weight is 926 g/mol. The molecule has 0 spiro atoms. The van der Waals surface area contributed by atoms with Crippen LogP contribution in [0.4, 0.5) is 0 Å². The van der Waals surface area contributed by atoms with Crippen LogP contribution in [0.25, 0.3) is 0 Å². The number of phosphoric ester groups is 1. The number of carbonyl (C=O) groups excluding carboxylic acids is 2. The van der Waals surface area contributed by atoms with Gasteiger partial charge in [0, 0.05) is 12.8 Å². The van der Waals surface area contributed by atoms with E-state index in [-0.39, 0.29) is 25.1 Å². The Morgan fingerprint density at radius 3 is 1.34 bits per heavy atom. The largest absolute Gasteiger partial charge is 0.472 e. The Morgan fingerprint density at radius 2 is 0.906 bits per heavy atom. The number of phosphoric acid groups is 1. The normalized spacial score (nSPS) is 14.0. The van der Waals surface area contributed by atoms with E-state index in [9.17, 15) is 19.0 Å². The molecule has 0 rings (SSSR count). The Bertz CT molecular complexity index is 1160. The summed E-state index contributed by atoms with van der Waals surface area (Å²) in [6, 6.07) is -0.848. The molecule has 0 aromatic heterocycles. The number of nitrogens with one attached hydrogen (secondary N) is 1. The molecule has 0 saturated heterocycles. The zero-order valence-corrected chi connectivity index (χ0v) is 43.9. The first-order valence-corrected chi connectivity index (χ1v) is 28.7. The molecule has 0 aliphatic carbocycles. The van der Waals surface area contributed by atoms with Gasteiger partial charge in [0.05, 0.1) is 33.8 Å². The third-order valence-electron chi connectivity index (χ3n) is 12.1. The van der Waals surface area contributed by atoms with Crippen LogP contribution in [0.5, 0.6) is 0 Å². The number of nitrogens with zero attached hydrogens (tertiary/aromatic N) is 1. The lowest BCUT2D eigenvalue weighted by atomic mass is 10.0. The molecular formula is C54H106N2O7P+. The molecule has 10 heteroatoms. The summed E-state index contributed by atoms with van der Waals surface area (Å²) in [6.45, 7) is 6.99. The summed E-state index contributed by atoms with van der Waals surface area (Å²) >= 11 is 0. The SMILES string of the molecule is CCCCCCCC/C=C\CCCCCC(=O)NC(COP(=O)(O)OCC[N+](C)(C)C)C(/C=C/CCCCCCCCCCC)OC(=O)CCCCCCCCCCCCCCCC. The quantitative estimate of drug-likeness (QED) is 0.0205. The molecule has 0 bridgehead atoms. The standard InChI is InChI=1S/C54H105N2O7P/c1-7-10-13-16-19-22-25-27-29-32-35-38-41-44-47-54(58)63-52(45-42-39-36-33-30-24-21-18-15-12-9-3)51(50-62-64(59,60)61-49-48-56(4,5)6)55-53(57)46-43-40-37-34-31-28-26-23-20-17-14-11-8-2/h28,31,42,45,51-52H,7-27,29-30,32-41,43-44,46-50H2,1-6H3,(H-,55,57,59,60)/p+1/b31-28-,45-42+. The third kappa shape index (κ3) is 45.6. The van der Waals surface area contributed by atoms with Gasteiger partial charge in [0.25, 0.3) is 0 Å². The van der Waals surface area contributed by atoms with Crippen LogP contribution >= 0.6 is 7.82 Å². The van der Waals surface area contributed by atoms with Crippen LogP contribution in [0.3, 0.4) is 0 Å². The number of esters is 1. The highest BCUT2D eigenvalue weighted by atomic mass is 31.2. The molecule has 9 nitrogen and oxygen atoms in total. The zero-order valence-electron chi connectivity index (χ0n) is 43.0. The van der Waals surface area contributed by atoms with Gasteiger partial charge in [-0.1, -0.05) is 212 Å². The average Bonchev–Trinajstić information content (AvgIpc) is 3.25. The number of rotatable bonds is 49. The fourth-order valence-electron chi connectivity index (χ4n) is 7.88. The highest BCUT2D eigenvalue weighted by molar-refractivity contribution is 7.47. The summed E-state index contributed by atoms with van der Waals surface area (Å²) in [5, 5.41) is 3.03. The summed E-state index contributed by atoms with van der Waals surface area (Å²) in [5.41, 5.74) is 0. The lowest BCUT2D eigenvalue weighted by Crippen LogP contribution is -2.47. The van der Waals surface area contributed by atoms with Crippen molar-refractivity contribution < 1.29 is 37.3 Å². The maximum absolute atomic E-state index is 13.4. The van der Waals surface area contributed by atoms with E-state index in [2.05, 4.69) is 38.2 Å². The Balaban J connectivity index is 5.38. The fourth-order valence-corrected chi connectivity index (χ4v) is 8.61. The molecule has 378 valence electrons. The van der Waals surface area contributed by atoms with Crippen molar-refractivity contribution in [3.05, 3.63) is 24.3 Å². The van der Waals surface area contributed by atoms with Crippen molar-refractivity contribution in [2.45, 2.75) is 270 Å². The number of quaternary nitrogens is 1. The number of carbonyl (C=O) groups is 2. The van der Waals surface area contributed by atoms with Crippen LogP contribution < -0.4 is 5.32 Å². The van der Waals surface area contributed by atoms with Crippen LogP contribution in [0, 0.1) is 0 Å². The van der Waals surface area contributed by atoms with Gasteiger partial charge in [-0.05, 0) is 57.4 Å². The molecule has 3 atom stereocenters. The Labute approximate surface area is 396 Å². The molecule has 0 aromatic carbocycles. The second kappa shape index (κ2) is 45.3. The van der Waals surface area contributed by atoms with Gasteiger partial charge in [0.15, 0.2) is 0 Å². The lowest BCUT2D eigenvalue weighted by molar-refractivity contribution is -0.870. The Morgan fingerprint density at radius 1 is 0.531 bits per heavy atom. The first-order valence-electron chi connectivity index (χ1n) is 27.2. The van der Waals surface area contributed by atoms with Crippen molar-refractivity contribution in [1.82, 2.24) is 5.32 Å².